The average molecular weight is 324 g/mol. The number of para-hydroxylation sites is 2. The molecular weight excluding hydrogens is 300 g/mol. The Bertz CT molecular complexity index is 664. The summed E-state index contributed by atoms with van der Waals surface area (Å²) in [4.78, 5) is 14.8. The molecule has 1 saturated heterocycles. The predicted octanol–water partition coefficient (Wildman–Crippen LogP) is 3.55. The summed E-state index contributed by atoms with van der Waals surface area (Å²) < 4.78 is 5.92. The van der Waals surface area contributed by atoms with Crippen LogP contribution in [0.25, 0.3) is 0 Å². The smallest absolute Gasteiger partial charge is 0.257 e. The standard InChI is InChI=1S/C20H24N2O2/c1-21-15-16-11-13-22(14-12-16)20(23)18-9-5-6-10-19(18)24-17-7-3-2-4-8-17/h2-10,16,21H,11-15H2,1H3. The van der Waals surface area contributed by atoms with Crippen molar-refractivity contribution in [2.24, 2.45) is 5.92 Å². The fraction of sp³-hybridized carbons (Fsp3) is 0.350. The highest BCUT2D eigenvalue weighted by molar-refractivity contribution is 5.97. The lowest BCUT2D eigenvalue weighted by atomic mass is 9.96. The third kappa shape index (κ3) is 3.95. The van der Waals surface area contributed by atoms with E-state index in [2.05, 4.69) is 5.32 Å². The third-order valence-corrected chi connectivity index (χ3v) is 4.48. The number of likely N-dealkylation sites (tertiary alicyclic amines) is 1. The summed E-state index contributed by atoms with van der Waals surface area (Å²) >= 11 is 0. The van der Waals surface area contributed by atoms with Crippen LogP contribution in [-0.4, -0.2) is 37.5 Å². The summed E-state index contributed by atoms with van der Waals surface area (Å²) in [5.74, 6) is 2.08. The minimum atomic E-state index is 0.0597. The molecule has 1 amide bonds. The van der Waals surface area contributed by atoms with Crippen LogP contribution in [0.15, 0.2) is 54.6 Å². The van der Waals surface area contributed by atoms with Gasteiger partial charge >= 0.3 is 0 Å². The van der Waals surface area contributed by atoms with Gasteiger partial charge in [-0.15, -0.1) is 0 Å². The summed E-state index contributed by atoms with van der Waals surface area (Å²) in [6, 6.07) is 17.1. The fourth-order valence-corrected chi connectivity index (χ4v) is 3.15. The zero-order chi connectivity index (χ0) is 16.8. The second kappa shape index (κ2) is 7.97. The van der Waals surface area contributed by atoms with Gasteiger partial charge in [0.05, 0.1) is 5.56 Å². The molecule has 1 N–H and O–H groups in total. The molecule has 126 valence electrons. The highest BCUT2D eigenvalue weighted by Crippen LogP contribution is 2.27. The van der Waals surface area contributed by atoms with Gasteiger partial charge in [-0.3, -0.25) is 4.79 Å². The molecule has 3 rings (SSSR count). The van der Waals surface area contributed by atoms with E-state index in [1.54, 1.807) is 0 Å². The van der Waals surface area contributed by atoms with Crippen LogP contribution in [0.5, 0.6) is 11.5 Å². The maximum Gasteiger partial charge on any atom is 0.257 e. The van der Waals surface area contributed by atoms with Gasteiger partial charge in [-0.2, -0.15) is 0 Å². The van der Waals surface area contributed by atoms with Gasteiger partial charge in [-0.05, 0) is 56.6 Å². The molecule has 0 bridgehead atoms. The van der Waals surface area contributed by atoms with Crippen molar-refractivity contribution in [1.82, 2.24) is 10.2 Å². The molecule has 4 heteroatoms. The third-order valence-electron chi connectivity index (χ3n) is 4.48. The number of nitrogens with zero attached hydrogens (tertiary/aromatic N) is 1. The lowest BCUT2D eigenvalue weighted by Crippen LogP contribution is -2.40. The van der Waals surface area contributed by atoms with Crippen molar-refractivity contribution in [2.45, 2.75) is 12.8 Å². The summed E-state index contributed by atoms with van der Waals surface area (Å²) in [6.45, 7) is 2.64. The number of piperidine rings is 1. The van der Waals surface area contributed by atoms with Crippen LogP contribution in [-0.2, 0) is 0 Å². The Morgan fingerprint density at radius 2 is 1.75 bits per heavy atom. The van der Waals surface area contributed by atoms with E-state index < -0.39 is 0 Å². The summed E-state index contributed by atoms with van der Waals surface area (Å²) in [6.07, 6.45) is 2.10. The molecule has 0 saturated carbocycles. The molecule has 2 aromatic carbocycles. The number of carbonyl (C=O) groups is 1. The van der Waals surface area contributed by atoms with Gasteiger partial charge in [-0.1, -0.05) is 30.3 Å². The van der Waals surface area contributed by atoms with E-state index in [0.29, 0.717) is 17.2 Å². The zero-order valence-electron chi connectivity index (χ0n) is 14.1. The molecule has 1 heterocycles. The van der Waals surface area contributed by atoms with Crippen LogP contribution in [0.4, 0.5) is 0 Å². The van der Waals surface area contributed by atoms with E-state index in [0.717, 1.165) is 38.2 Å². The Morgan fingerprint density at radius 1 is 1.08 bits per heavy atom. The second-order valence-electron chi connectivity index (χ2n) is 6.20. The first-order chi connectivity index (χ1) is 11.8. The first-order valence-electron chi connectivity index (χ1n) is 8.53. The number of nitrogens with one attached hydrogen (secondary N) is 1. The number of amides is 1. The van der Waals surface area contributed by atoms with Crippen molar-refractivity contribution < 1.29 is 9.53 Å². The highest BCUT2D eigenvalue weighted by atomic mass is 16.5. The van der Waals surface area contributed by atoms with Crippen LogP contribution in [0, 0.1) is 5.92 Å². The Labute approximate surface area is 143 Å². The van der Waals surface area contributed by atoms with Gasteiger partial charge in [0, 0.05) is 13.1 Å². The minimum Gasteiger partial charge on any atom is -0.457 e. The van der Waals surface area contributed by atoms with Crippen LogP contribution in [0.3, 0.4) is 0 Å². The zero-order valence-corrected chi connectivity index (χ0v) is 14.1. The maximum atomic E-state index is 12.9. The number of benzene rings is 2. The topological polar surface area (TPSA) is 41.6 Å². The molecule has 0 aliphatic carbocycles. The van der Waals surface area contributed by atoms with Crippen LogP contribution in [0.1, 0.15) is 23.2 Å². The molecule has 1 aliphatic heterocycles. The van der Waals surface area contributed by atoms with E-state index in [4.69, 9.17) is 4.74 Å². The monoisotopic (exact) mass is 324 g/mol. The molecule has 0 spiro atoms. The molecular formula is C20H24N2O2. The van der Waals surface area contributed by atoms with Crippen LogP contribution < -0.4 is 10.1 Å². The highest BCUT2D eigenvalue weighted by Gasteiger charge is 2.25. The van der Waals surface area contributed by atoms with Crippen LogP contribution in [0.2, 0.25) is 0 Å². The fourth-order valence-electron chi connectivity index (χ4n) is 3.15. The van der Waals surface area contributed by atoms with Crippen molar-refractivity contribution >= 4 is 5.91 Å². The molecule has 1 fully saturated rings. The number of hydrogen-bond donors (Lipinski definition) is 1. The number of hydrogen-bond acceptors (Lipinski definition) is 3. The van der Waals surface area contributed by atoms with Gasteiger partial charge in [0.2, 0.25) is 0 Å². The van der Waals surface area contributed by atoms with Gasteiger partial charge in [0.15, 0.2) is 0 Å². The molecule has 24 heavy (non-hydrogen) atoms. The largest absolute Gasteiger partial charge is 0.457 e. The summed E-state index contributed by atoms with van der Waals surface area (Å²) in [5, 5.41) is 3.23. The van der Waals surface area contributed by atoms with Gasteiger partial charge in [0.1, 0.15) is 11.5 Å². The number of ether oxygens (including phenoxy) is 1. The molecule has 1 aliphatic rings. The van der Waals surface area contributed by atoms with Crippen molar-refractivity contribution in [3.63, 3.8) is 0 Å². The summed E-state index contributed by atoms with van der Waals surface area (Å²) in [7, 11) is 1.98. The van der Waals surface area contributed by atoms with Gasteiger partial charge in [-0.25, -0.2) is 0 Å². The van der Waals surface area contributed by atoms with E-state index in [1.165, 1.54) is 0 Å². The SMILES string of the molecule is CNCC1CCN(C(=O)c2ccccc2Oc2ccccc2)CC1. The van der Waals surface area contributed by atoms with E-state index in [1.807, 2.05) is 66.5 Å². The van der Waals surface area contributed by atoms with E-state index in [-0.39, 0.29) is 5.91 Å². The van der Waals surface area contributed by atoms with Crippen molar-refractivity contribution in [1.29, 1.82) is 0 Å². The molecule has 4 nitrogen and oxygen atoms in total. The van der Waals surface area contributed by atoms with Gasteiger partial charge in [0.25, 0.3) is 5.91 Å². The molecule has 0 unspecified atom stereocenters. The lowest BCUT2D eigenvalue weighted by molar-refractivity contribution is 0.0688. The lowest BCUT2D eigenvalue weighted by Gasteiger charge is -2.32. The van der Waals surface area contributed by atoms with Crippen molar-refractivity contribution in [2.75, 3.05) is 26.7 Å². The van der Waals surface area contributed by atoms with Crippen molar-refractivity contribution in [3.8, 4) is 11.5 Å². The molecule has 0 radical (unpaired) electrons. The Hall–Kier alpha value is -2.33. The molecule has 0 aromatic heterocycles. The van der Waals surface area contributed by atoms with E-state index >= 15 is 0 Å². The van der Waals surface area contributed by atoms with E-state index in [9.17, 15) is 4.79 Å². The predicted molar refractivity (Wildman–Crippen MR) is 95.5 cm³/mol. The number of carbonyl (C=O) groups excluding carboxylic acids is 1. The minimum absolute atomic E-state index is 0.0597. The second-order valence-corrected chi connectivity index (χ2v) is 6.20. The van der Waals surface area contributed by atoms with Crippen molar-refractivity contribution in [3.05, 3.63) is 60.2 Å². The number of rotatable bonds is 5. The average Bonchev–Trinajstić information content (AvgIpc) is 2.63. The molecule has 2 aromatic rings. The first-order valence-corrected chi connectivity index (χ1v) is 8.53. The van der Waals surface area contributed by atoms with Gasteiger partial charge < -0.3 is 15.0 Å². The Kier molecular flexibility index (Phi) is 5.49. The molecule has 0 atom stereocenters. The van der Waals surface area contributed by atoms with Crippen LogP contribution >= 0.6 is 0 Å². The first kappa shape index (κ1) is 16.5. The summed E-state index contributed by atoms with van der Waals surface area (Å²) in [5.41, 5.74) is 0.633. The normalized spacial score (nSPS) is 15.3. The Morgan fingerprint density at radius 3 is 2.46 bits per heavy atom. The maximum absolute atomic E-state index is 12.9. The quantitative estimate of drug-likeness (QED) is 0.914. The Balaban J connectivity index is 1.71.